The number of likely N-dealkylation sites (N-methyl/N-ethyl adjacent to an activating group) is 1. The fourth-order valence-corrected chi connectivity index (χ4v) is 4.65. The highest BCUT2D eigenvalue weighted by atomic mass is 32.1. The molecule has 1 amide bonds. The molecule has 8 nitrogen and oxygen atoms in total. The second-order valence-corrected chi connectivity index (χ2v) is 9.85. The van der Waals surface area contributed by atoms with Gasteiger partial charge in [-0.25, -0.2) is 9.78 Å². The van der Waals surface area contributed by atoms with Crippen LogP contribution in [-0.4, -0.2) is 51.7 Å². The van der Waals surface area contributed by atoms with Crippen molar-refractivity contribution in [2.45, 2.75) is 69.8 Å². The molecule has 1 fully saturated rings. The van der Waals surface area contributed by atoms with Gasteiger partial charge in [0.05, 0.1) is 10.4 Å². The van der Waals surface area contributed by atoms with Crippen molar-refractivity contribution in [2.24, 2.45) is 0 Å². The summed E-state index contributed by atoms with van der Waals surface area (Å²) in [7, 11) is 1.65. The maximum Gasteiger partial charge on any atom is 0.434 e. The summed E-state index contributed by atoms with van der Waals surface area (Å²) < 4.78 is 51.7. The number of halogens is 3. The minimum absolute atomic E-state index is 0.137. The van der Waals surface area contributed by atoms with Gasteiger partial charge in [-0.2, -0.15) is 13.2 Å². The van der Waals surface area contributed by atoms with E-state index in [2.05, 4.69) is 15.6 Å². The van der Waals surface area contributed by atoms with Gasteiger partial charge in [-0.1, -0.05) is 24.7 Å². The first kappa shape index (κ1) is 26.7. The van der Waals surface area contributed by atoms with E-state index >= 15 is 0 Å². The van der Waals surface area contributed by atoms with Crippen LogP contribution in [0.25, 0.3) is 5.65 Å². The van der Waals surface area contributed by atoms with E-state index in [1.807, 2.05) is 0 Å². The summed E-state index contributed by atoms with van der Waals surface area (Å²) in [6.07, 6.45) is -0.969. The third-order valence-corrected chi connectivity index (χ3v) is 6.34. The molecule has 2 unspecified atom stereocenters. The lowest BCUT2D eigenvalue weighted by Crippen LogP contribution is -2.54. The quantitative estimate of drug-likeness (QED) is 0.457. The fourth-order valence-electron chi connectivity index (χ4n) is 4.30. The number of esters is 1. The summed E-state index contributed by atoms with van der Waals surface area (Å²) in [5.41, 5.74) is -1.94. The van der Waals surface area contributed by atoms with Crippen LogP contribution in [0.2, 0.25) is 0 Å². The highest BCUT2D eigenvalue weighted by molar-refractivity contribution is 7.80. The van der Waals surface area contributed by atoms with Gasteiger partial charge < -0.3 is 24.5 Å². The van der Waals surface area contributed by atoms with E-state index in [9.17, 15) is 22.8 Å². The van der Waals surface area contributed by atoms with Crippen molar-refractivity contribution in [3.8, 4) is 0 Å². The highest BCUT2D eigenvalue weighted by Gasteiger charge is 2.48. The van der Waals surface area contributed by atoms with Crippen LogP contribution in [0, 0.1) is 0 Å². The number of hydrogen-bond acceptors (Lipinski definition) is 6. The van der Waals surface area contributed by atoms with Crippen LogP contribution in [-0.2, 0) is 25.9 Å². The number of ether oxygens (including phenoxy) is 2. The summed E-state index contributed by atoms with van der Waals surface area (Å²) in [5, 5.41) is 5.35. The number of imidazole rings is 1. The third-order valence-electron chi connectivity index (χ3n) is 5.78. The second kappa shape index (κ2) is 10.00. The SMILES string of the molecule is CNC(=S)C1(c2ccc3nc(C(F)(F)F)cn3c2)CCCCC1OC(=O)CNC(=O)OC(C)(C)C. The first-order valence-corrected chi connectivity index (χ1v) is 11.6. The molecule has 2 N–H and O–H groups in total. The normalized spacial score (nSPS) is 20.8. The van der Waals surface area contributed by atoms with Crippen molar-refractivity contribution in [2.75, 3.05) is 13.6 Å². The van der Waals surface area contributed by atoms with Gasteiger partial charge in [-0.05, 0) is 51.7 Å². The number of carbonyl (C=O) groups excluding carboxylic acids is 2. The smallest absolute Gasteiger partial charge is 0.434 e. The summed E-state index contributed by atoms with van der Waals surface area (Å²) in [6.45, 7) is 4.71. The van der Waals surface area contributed by atoms with Gasteiger partial charge in [0.25, 0.3) is 0 Å². The lowest BCUT2D eigenvalue weighted by atomic mass is 9.67. The van der Waals surface area contributed by atoms with Crippen molar-refractivity contribution in [1.82, 2.24) is 20.0 Å². The van der Waals surface area contributed by atoms with Gasteiger partial charge in [0.1, 0.15) is 23.9 Å². The molecule has 1 aliphatic carbocycles. The van der Waals surface area contributed by atoms with Gasteiger partial charge in [0.15, 0.2) is 5.69 Å². The molecular weight excluding hydrogens is 485 g/mol. The van der Waals surface area contributed by atoms with Crippen molar-refractivity contribution in [3.05, 3.63) is 35.8 Å². The number of fused-ring (bicyclic) bond motifs is 1. The minimum Gasteiger partial charge on any atom is -0.460 e. The number of nitrogens with one attached hydrogen (secondary N) is 2. The number of alkyl halides is 3. The first-order chi connectivity index (χ1) is 16.3. The molecule has 0 spiro atoms. The Balaban J connectivity index is 1.89. The zero-order valence-corrected chi connectivity index (χ0v) is 20.8. The Labute approximate surface area is 206 Å². The summed E-state index contributed by atoms with van der Waals surface area (Å²) >= 11 is 5.66. The largest absolute Gasteiger partial charge is 0.460 e. The molecule has 35 heavy (non-hydrogen) atoms. The average Bonchev–Trinajstić information content (AvgIpc) is 3.20. The van der Waals surface area contributed by atoms with Gasteiger partial charge in [0, 0.05) is 19.4 Å². The van der Waals surface area contributed by atoms with Gasteiger partial charge in [-0.3, -0.25) is 4.79 Å². The standard InChI is InChI=1S/C23H29F3N4O4S/c1-21(2,3)34-20(32)28-11-18(31)33-16-7-5-6-10-22(16,19(35)27-4)14-8-9-17-29-15(23(24,25)26)13-30(17)12-14/h8-9,12-13,16H,5-7,10-11H2,1-4H3,(H,27,35)(H,28,32). The zero-order chi connectivity index (χ0) is 26.0. The number of nitrogens with zero attached hydrogens (tertiary/aromatic N) is 2. The predicted octanol–water partition coefficient (Wildman–Crippen LogP) is 4.15. The Morgan fingerprint density at radius 3 is 2.57 bits per heavy atom. The van der Waals surface area contributed by atoms with Crippen LogP contribution in [0.1, 0.15) is 57.7 Å². The maximum absolute atomic E-state index is 13.2. The van der Waals surface area contributed by atoms with Gasteiger partial charge in [0.2, 0.25) is 0 Å². The van der Waals surface area contributed by atoms with E-state index in [4.69, 9.17) is 21.7 Å². The zero-order valence-electron chi connectivity index (χ0n) is 20.0. The average molecular weight is 515 g/mol. The van der Waals surface area contributed by atoms with Gasteiger partial charge in [-0.15, -0.1) is 0 Å². The molecule has 0 radical (unpaired) electrons. The minimum atomic E-state index is -4.58. The number of carbonyl (C=O) groups is 2. The molecule has 0 aliphatic heterocycles. The Morgan fingerprint density at radius 2 is 1.94 bits per heavy atom. The summed E-state index contributed by atoms with van der Waals surface area (Å²) in [5.74, 6) is -0.672. The summed E-state index contributed by atoms with van der Waals surface area (Å²) in [4.78, 5) is 28.6. The van der Waals surface area contributed by atoms with E-state index in [0.29, 0.717) is 23.4 Å². The van der Waals surface area contributed by atoms with E-state index < -0.39 is 47.6 Å². The van der Waals surface area contributed by atoms with Crippen LogP contribution in [0.5, 0.6) is 0 Å². The molecule has 3 rings (SSSR count). The van der Waals surface area contributed by atoms with Crippen LogP contribution in [0.15, 0.2) is 24.5 Å². The molecule has 2 aromatic heterocycles. The number of hydrogen-bond donors (Lipinski definition) is 2. The molecule has 1 aliphatic rings. The monoisotopic (exact) mass is 514 g/mol. The first-order valence-electron chi connectivity index (χ1n) is 11.2. The lowest BCUT2D eigenvalue weighted by Gasteiger charge is -2.44. The van der Waals surface area contributed by atoms with E-state index in [-0.39, 0.29) is 5.65 Å². The van der Waals surface area contributed by atoms with Crippen LogP contribution < -0.4 is 10.6 Å². The van der Waals surface area contributed by atoms with Crippen molar-refractivity contribution in [1.29, 1.82) is 0 Å². The highest BCUT2D eigenvalue weighted by Crippen LogP contribution is 2.42. The number of aromatic nitrogens is 2. The van der Waals surface area contributed by atoms with E-state index in [1.54, 1.807) is 40.1 Å². The molecule has 0 saturated heterocycles. The molecule has 2 aromatic rings. The van der Waals surface area contributed by atoms with Crippen molar-refractivity contribution in [3.63, 3.8) is 0 Å². The van der Waals surface area contributed by atoms with Crippen molar-refractivity contribution < 1.29 is 32.2 Å². The number of alkyl carbamates (subject to hydrolysis) is 1. The fraction of sp³-hybridized carbons (Fsp3) is 0.565. The van der Waals surface area contributed by atoms with Crippen LogP contribution in [0.3, 0.4) is 0 Å². The van der Waals surface area contributed by atoms with Crippen LogP contribution >= 0.6 is 12.2 Å². The molecular formula is C23H29F3N4O4S. The summed E-state index contributed by atoms with van der Waals surface area (Å²) in [6, 6.07) is 3.15. The Kier molecular flexibility index (Phi) is 7.63. The molecule has 2 atom stereocenters. The van der Waals surface area contributed by atoms with E-state index in [1.165, 1.54) is 10.5 Å². The van der Waals surface area contributed by atoms with E-state index in [0.717, 1.165) is 19.0 Å². The third kappa shape index (κ3) is 6.03. The maximum atomic E-state index is 13.2. The number of thiocarbonyl (C=S) groups is 1. The predicted molar refractivity (Wildman–Crippen MR) is 126 cm³/mol. The second-order valence-electron chi connectivity index (χ2n) is 9.44. The molecule has 0 aromatic carbocycles. The van der Waals surface area contributed by atoms with Crippen molar-refractivity contribution >= 4 is 34.9 Å². The molecule has 12 heteroatoms. The number of rotatable bonds is 5. The topological polar surface area (TPSA) is 94.0 Å². The Hall–Kier alpha value is -2.89. The number of pyridine rings is 1. The number of amides is 1. The lowest BCUT2D eigenvalue weighted by molar-refractivity contribution is -0.152. The molecule has 0 bridgehead atoms. The van der Waals surface area contributed by atoms with Crippen LogP contribution in [0.4, 0.5) is 18.0 Å². The Bertz CT molecular complexity index is 1110. The molecule has 192 valence electrons. The molecule has 2 heterocycles. The molecule has 1 saturated carbocycles. The van der Waals surface area contributed by atoms with Gasteiger partial charge >= 0.3 is 18.2 Å². The Morgan fingerprint density at radius 1 is 1.23 bits per heavy atom.